The van der Waals surface area contributed by atoms with Crippen LogP contribution < -0.4 is 15.4 Å². The molecule has 0 aliphatic carbocycles. The number of rotatable bonds is 7. The van der Waals surface area contributed by atoms with E-state index in [0.717, 1.165) is 12.2 Å². The second kappa shape index (κ2) is 7.88. The van der Waals surface area contributed by atoms with Crippen molar-refractivity contribution >= 4 is 23.4 Å². The Morgan fingerprint density at radius 3 is 2.91 bits per heavy atom. The predicted molar refractivity (Wildman–Crippen MR) is 93.8 cm³/mol. The Kier molecular flexibility index (Phi) is 6.15. The first-order valence-electron chi connectivity index (χ1n) is 7.83. The molecule has 2 N–H and O–H groups in total. The second-order valence-electron chi connectivity index (χ2n) is 6.14. The summed E-state index contributed by atoms with van der Waals surface area (Å²) in [4.78, 5) is 12.2. The van der Waals surface area contributed by atoms with Crippen LogP contribution in [0, 0.1) is 0 Å². The van der Waals surface area contributed by atoms with Crippen molar-refractivity contribution in [1.82, 2.24) is 5.32 Å². The number of hydrogen-bond donors (Lipinski definition) is 2. The lowest BCUT2D eigenvalue weighted by atomic mass is 10.1. The Morgan fingerprint density at radius 1 is 1.45 bits per heavy atom. The molecule has 1 fully saturated rings. The van der Waals surface area contributed by atoms with Crippen molar-refractivity contribution in [2.75, 3.05) is 24.7 Å². The number of benzene rings is 1. The van der Waals surface area contributed by atoms with Crippen molar-refractivity contribution in [3.8, 4) is 5.75 Å². The predicted octanol–water partition coefficient (Wildman–Crippen LogP) is 3.29. The molecule has 0 saturated carbocycles. The molecule has 122 valence electrons. The number of para-hydroxylation sites is 2. The summed E-state index contributed by atoms with van der Waals surface area (Å²) in [5, 5.41) is 6.42. The van der Waals surface area contributed by atoms with Crippen LogP contribution >= 0.6 is 11.8 Å². The van der Waals surface area contributed by atoms with Gasteiger partial charge >= 0.3 is 0 Å². The van der Waals surface area contributed by atoms with Crippen LogP contribution in [0.1, 0.15) is 33.1 Å². The molecule has 1 amide bonds. The van der Waals surface area contributed by atoms with Gasteiger partial charge in [-0.05, 0) is 44.6 Å². The molecule has 1 aliphatic rings. The lowest BCUT2D eigenvalue weighted by Crippen LogP contribution is -2.39. The van der Waals surface area contributed by atoms with Gasteiger partial charge in [0.25, 0.3) is 0 Å². The standard InChI is InChI=1S/C17H26N2O2S/c1-13(18-12-17(2)9-6-10-22-17)11-16(20)19-14-7-4-5-8-15(14)21-3/h4-5,7-8,13,18H,6,9-12H2,1-3H3,(H,19,20). The first kappa shape index (κ1) is 17.2. The fourth-order valence-corrected chi connectivity index (χ4v) is 3.92. The largest absolute Gasteiger partial charge is 0.495 e. The van der Waals surface area contributed by atoms with Gasteiger partial charge in [-0.1, -0.05) is 12.1 Å². The highest BCUT2D eigenvalue weighted by molar-refractivity contribution is 8.00. The van der Waals surface area contributed by atoms with Crippen LogP contribution in [0.4, 0.5) is 5.69 Å². The van der Waals surface area contributed by atoms with Crippen LogP contribution in [0.2, 0.25) is 0 Å². The number of amides is 1. The molecule has 1 aliphatic heterocycles. The van der Waals surface area contributed by atoms with E-state index in [-0.39, 0.29) is 11.9 Å². The van der Waals surface area contributed by atoms with E-state index >= 15 is 0 Å². The Morgan fingerprint density at radius 2 is 2.23 bits per heavy atom. The molecule has 1 heterocycles. The third-order valence-corrected chi connectivity index (χ3v) is 5.54. The lowest BCUT2D eigenvalue weighted by Gasteiger charge is -2.25. The van der Waals surface area contributed by atoms with Gasteiger partial charge in [-0.15, -0.1) is 0 Å². The van der Waals surface area contributed by atoms with Crippen molar-refractivity contribution in [2.24, 2.45) is 0 Å². The van der Waals surface area contributed by atoms with Crippen LogP contribution in [0.3, 0.4) is 0 Å². The minimum atomic E-state index is 0.00808. The average molecular weight is 322 g/mol. The maximum Gasteiger partial charge on any atom is 0.226 e. The van der Waals surface area contributed by atoms with Gasteiger partial charge in [0, 0.05) is 23.8 Å². The first-order valence-corrected chi connectivity index (χ1v) is 8.81. The van der Waals surface area contributed by atoms with Crippen molar-refractivity contribution in [2.45, 2.75) is 43.9 Å². The number of nitrogens with one attached hydrogen (secondary N) is 2. The monoisotopic (exact) mass is 322 g/mol. The maximum absolute atomic E-state index is 12.2. The number of methoxy groups -OCH3 is 1. The van der Waals surface area contributed by atoms with Gasteiger partial charge in [0.15, 0.2) is 0 Å². The summed E-state index contributed by atoms with van der Waals surface area (Å²) in [5.41, 5.74) is 0.723. The van der Waals surface area contributed by atoms with Crippen molar-refractivity contribution in [1.29, 1.82) is 0 Å². The summed E-state index contributed by atoms with van der Waals surface area (Å²) in [6.07, 6.45) is 3.01. The molecule has 1 saturated heterocycles. The van der Waals surface area contributed by atoms with Gasteiger partial charge in [-0.2, -0.15) is 11.8 Å². The Labute approximate surface area is 137 Å². The van der Waals surface area contributed by atoms with Crippen LogP contribution in [0.15, 0.2) is 24.3 Å². The number of thioether (sulfide) groups is 1. The summed E-state index contributed by atoms with van der Waals surface area (Å²) in [5.74, 6) is 1.95. The van der Waals surface area contributed by atoms with E-state index in [9.17, 15) is 4.79 Å². The number of carbonyl (C=O) groups is 1. The van der Waals surface area contributed by atoms with Crippen LogP contribution in [-0.4, -0.2) is 36.1 Å². The fourth-order valence-electron chi connectivity index (χ4n) is 2.67. The van der Waals surface area contributed by atoms with E-state index in [0.29, 0.717) is 16.9 Å². The van der Waals surface area contributed by atoms with Crippen LogP contribution in [0.5, 0.6) is 5.75 Å². The Hall–Kier alpha value is -1.20. The van der Waals surface area contributed by atoms with Crippen LogP contribution in [-0.2, 0) is 4.79 Å². The molecule has 1 aromatic carbocycles. The smallest absolute Gasteiger partial charge is 0.226 e. The third kappa shape index (κ3) is 4.92. The molecular weight excluding hydrogens is 296 g/mol. The summed E-state index contributed by atoms with van der Waals surface area (Å²) in [7, 11) is 1.61. The molecule has 4 nitrogen and oxygen atoms in total. The molecule has 2 unspecified atom stereocenters. The highest BCUT2D eigenvalue weighted by Gasteiger charge is 2.29. The van der Waals surface area contributed by atoms with Crippen LogP contribution in [0.25, 0.3) is 0 Å². The molecule has 2 atom stereocenters. The van der Waals surface area contributed by atoms with Gasteiger partial charge in [0.05, 0.1) is 12.8 Å². The van der Waals surface area contributed by atoms with Crippen molar-refractivity contribution < 1.29 is 9.53 Å². The molecular formula is C17H26N2O2S. The van der Waals surface area contributed by atoms with E-state index in [2.05, 4.69) is 24.5 Å². The molecule has 5 heteroatoms. The second-order valence-corrected chi connectivity index (χ2v) is 7.82. The number of anilines is 1. The Bertz CT molecular complexity index is 501. The quantitative estimate of drug-likeness (QED) is 0.809. The Balaban J connectivity index is 1.78. The van der Waals surface area contributed by atoms with Gasteiger partial charge < -0.3 is 15.4 Å². The number of carbonyl (C=O) groups excluding carboxylic acids is 1. The average Bonchev–Trinajstić information content (AvgIpc) is 2.93. The number of ether oxygens (including phenoxy) is 1. The van der Waals surface area contributed by atoms with E-state index in [1.807, 2.05) is 36.0 Å². The maximum atomic E-state index is 12.2. The molecule has 0 bridgehead atoms. The van der Waals surface area contributed by atoms with Gasteiger partial charge in [0.2, 0.25) is 5.91 Å². The zero-order valence-corrected chi connectivity index (χ0v) is 14.5. The first-order chi connectivity index (χ1) is 10.5. The minimum absolute atomic E-state index is 0.00808. The lowest BCUT2D eigenvalue weighted by molar-refractivity contribution is -0.116. The van der Waals surface area contributed by atoms with E-state index in [1.54, 1.807) is 7.11 Å². The van der Waals surface area contributed by atoms with E-state index in [4.69, 9.17) is 4.74 Å². The molecule has 2 rings (SSSR count). The van der Waals surface area contributed by atoms with Gasteiger partial charge in [-0.25, -0.2) is 0 Å². The summed E-state index contributed by atoms with van der Waals surface area (Å²) < 4.78 is 5.57. The van der Waals surface area contributed by atoms with E-state index < -0.39 is 0 Å². The topological polar surface area (TPSA) is 50.4 Å². The summed E-state index contributed by atoms with van der Waals surface area (Å²) in [6.45, 7) is 5.32. The van der Waals surface area contributed by atoms with Crippen molar-refractivity contribution in [3.05, 3.63) is 24.3 Å². The van der Waals surface area contributed by atoms with Gasteiger partial charge in [-0.3, -0.25) is 4.79 Å². The minimum Gasteiger partial charge on any atom is -0.495 e. The SMILES string of the molecule is COc1ccccc1NC(=O)CC(C)NCC1(C)CCCS1. The van der Waals surface area contributed by atoms with Crippen molar-refractivity contribution in [3.63, 3.8) is 0 Å². The fraction of sp³-hybridized carbons (Fsp3) is 0.588. The molecule has 0 radical (unpaired) electrons. The summed E-state index contributed by atoms with van der Waals surface area (Å²) in [6, 6.07) is 7.63. The third-order valence-electron chi connectivity index (χ3n) is 4.00. The highest BCUT2D eigenvalue weighted by Crippen LogP contribution is 2.37. The molecule has 1 aromatic rings. The van der Waals surface area contributed by atoms with Gasteiger partial charge in [0.1, 0.15) is 5.75 Å². The normalized spacial score (nSPS) is 22.3. The highest BCUT2D eigenvalue weighted by atomic mass is 32.2. The molecule has 0 spiro atoms. The zero-order chi connectivity index (χ0) is 16.0. The zero-order valence-electron chi connectivity index (χ0n) is 13.6. The molecule has 0 aromatic heterocycles. The van der Waals surface area contributed by atoms with E-state index in [1.165, 1.54) is 18.6 Å². The molecule has 22 heavy (non-hydrogen) atoms. The summed E-state index contributed by atoms with van der Waals surface area (Å²) >= 11 is 2.03. The number of hydrogen-bond acceptors (Lipinski definition) is 4.